The molecule has 0 amide bonds. The van der Waals surface area contributed by atoms with Crippen LogP contribution in [-0.2, 0) is 0 Å². The van der Waals surface area contributed by atoms with E-state index in [-0.39, 0.29) is 0 Å². The van der Waals surface area contributed by atoms with Crippen molar-refractivity contribution in [2.75, 3.05) is 6.61 Å². The number of nitrogens with one attached hydrogen (secondary N) is 1. The van der Waals surface area contributed by atoms with Crippen molar-refractivity contribution in [2.45, 2.75) is 11.8 Å². The van der Waals surface area contributed by atoms with Crippen molar-refractivity contribution in [3.63, 3.8) is 0 Å². The molecule has 0 spiro atoms. The first-order chi connectivity index (χ1) is 11.4. The number of rotatable bonds is 6. The van der Waals surface area contributed by atoms with E-state index in [2.05, 4.69) is 33.6 Å². The summed E-state index contributed by atoms with van der Waals surface area (Å²) in [5.41, 5.74) is 2.06. The fourth-order valence-corrected chi connectivity index (χ4v) is 3.06. The predicted molar refractivity (Wildman–Crippen MR) is 95.6 cm³/mol. The van der Waals surface area contributed by atoms with Crippen molar-refractivity contribution in [1.29, 1.82) is 0 Å². The van der Waals surface area contributed by atoms with E-state index in [1.807, 2.05) is 49.5 Å². The van der Waals surface area contributed by atoms with Crippen LogP contribution in [0.1, 0.15) is 18.3 Å². The van der Waals surface area contributed by atoms with Gasteiger partial charge in [-0.15, -0.1) is 0 Å². The standard InChI is InChI=1S/C19H18N2OS/c1-2-22-18-11-7-6-10-16(18)17(19-20-12-13-21-19)14-23-15-8-4-3-5-9-15/h3-14H,2H2,1H3,(H,20,21). The number of ether oxygens (including phenoxy) is 1. The molecule has 0 aliphatic rings. The molecule has 0 saturated heterocycles. The molecule has 1 aromatic heterocycles. The summed E-state index contributed by atoms with van der Waals surface area (Å²) in [5.74, 6) is 1.70. The van der Waals surface area contributed by atoms with E-state index in [1.54, 1.807) is 18.0 Å². The molecule has 3 nitrogen and oxygen atoms in total. The van der Waals surface area contributed by atoms with Gasteiger partial charge in [-0.05, 0) is 30.5 Å². The van der Waals surface area contributed by atoms with Gasteiger partial charge in [0.05, 0.1) is 6.61 Å². The quantitative estimate of drug-likeness (QED) is 0.650. The molecule has 23 heavy (non-hydrogen) atoms. The third-order valence-corrected chi connectivity index (χ3v) is 4.18. The Labute approximate surface area is 140 Å². The van der Waals surface area contributed by atoms with Crippen LogP contribution in [0, 0.1) is 0 Å². The third-order valence-electron chi connectivity index (χ3n) is 3.29. The van der Waals surface area contributed by atoms with Crippen molar-refractivity contribution >= 4 is 17.3 Å². The van der Waals surface area contributed by atoms with Crippen LogP contribution in [0.15, 0.2) is 77.3 Å². The Balaban J connectivity index is 2.00. The highest BCUT2D eigenvalue weighted by Gasteiger charge is 2.12. The summed E-state index contributed by atoms with van der Waals surface area (Å²) >= 11 is 1.67. The number of aromatic amines is 1. The lowest BCUT2D eigenvalue weighted by molar-refractivity contribution is 0.339. The molecule has 0 aliphatic heterocycles. The van der Waals surface area contributed by atoms with Crippen LogP contribution < -0.4 is 4.74 Å². The molecule has 0 saturated carbocycles. The average molecular weight is 322 g/mol. The normalized spacial score (nSPS) is 11.4. The molecule has 0 radical (unpaired) electrons. The van der Waals surface area contributed by atoms with Gasteiger partial charge in [0.15, 0.2) is 0 Å². The number of para-hydroxylation sites is 1. The van der Waals surface area contributed by atoms with Gasteiger partial charge < -0.3 is 9.72 Å². The molecule has 1 N–H and O–H groups in total. The molecule has 1 heterocycles. The van der Waals surface area contributed by atoms with E-state index in [4.69, 9.17) is 4.74 Å². The molecular formula is C19H18N2OS. The van der Waals surface area contributed by atoms with Gasteiger partial charge in [-0.3, -0.25) is 0 Å². The summed E-state index contributed by atoms with van der Waals surface area (Å²) in [7, 11) is 0. The monoisotopic (exact) mass is 322 g/mol. The summed E-state index contributed by atoms with van der Waals surface area (Å²) < 4.78 is 5.78. The van der Waals surface area contributed by atoms with Gasteiger partial charge in [-0.2, -0.15) is 0 Å². The zero-order valence-electron chi connectivity index (χ0n) is 12.9. The number of nitrogens with zero attached hydrogens (tertiary/aromatic N) is 1. The highest BCUT2D eigenvalue weighted by Crippen LogP contribution is 2.33. The van der Waals surface area contributed by atoms with Gasteiger partial charge in [0.1, 0.15) is 11.6 Å². The van der Waals surface area contributed by atoms with Crippen molar-refractivity contribution in [3.8, 4) is 5.75 Å². The molecule has 116 valence electrons. The molecule has 4 heteroatoms. The SMILES string of the molecule is CCOc1ccccc1C(=CSc1ccccc1)c1ncc[nH]1. The van der Waals surface area contributed by atoms with Crippen molar-refractivity contribution in [2.24, 2.45) is 0 Å². The highest BCUT2D eigenvalue weighted by molar-refractivity contribution is 8.02. The second kappa shape index (κ2) is 7.70. The van der Waals surface area contributed by atoms with E-state index < -0.39 is 0 Å². The summed E-state index contributed by atoms with van der Waals surface area (Å²) in [6, 6.07) is 18.3. The molecular weight excluding hydrogens is 304 g/mol. The smallest absolute Gasteiger partial charge is 0.138 e. The number of thioether (sulfide) groups is 1. The van der Waals surface area contributed by atoms with Crippen molar-refractivity contribution in [1.82, 2.24) is 9.97 Å². The Kier molecular flexibility index (Phi) is 5.17. The lowest BCUT2D eigenvalue weighted by Crippen LogP contribution is -1.98. The van der Waals surface area contributed by atoms with Gasteiger partial charge in [-0.1, -0.05) is 48.2 Å². The van der Waals surface area contributed by atoms with Crippen LogP contribution in [-0.4, -0.2) is 16.6 Å². The molecule has 0 aliphatic carbocycles. The van der Waals surface area contributed by atoms with Crippen molar-refractivity contribution < 1.29 is 4.74 Å². The Morgan fingerprint density at radius 1 is 1.13 bits per heavy atom. The summed E-state index contributed by atoms with van der Waals surface area (Å²) in [5, 5.41) is 2.12. The number of hydrogen-bond donors (Lipinski definition) is 1. The van der Waals surface area contributed by atoms with E-state index in [0.29, 0.717) is 6.61 Å². The maximum absolute atomic E-state index is 5.78. The summed E-state index contributed by atoms with van der Waals surface area (Å²) in [6.07, 6.45) is 3.60. The van der Waals surface area contributed by atoms with Crippen molar-refractivity contribution in [3.05, 3.63) is 83.8 Å². The fourth-order valence-electron chi connectivity index (χ4n) is 2.26. The Bertz CT molecular complexity index is 767. The zero-order chi connectivity index (χ0) is 15.9. The minimum Gasteiger partial charge on any atom is -0.493 e. The van der Waals surface area contributed by atoms with E-state index >= 15 is 0 Å². The maximum Gasteiger partial charge on any atom is 0.138 e. The van der Waals surface area contributed by atoms with Crippen LogP contribution >= 0.6 is 11.8 Å². The number of imidazole rings is 1. The molecule has 3 aromatic rings. The second-order valence-corrected chi connectivity index (χ2v) is 5.77. The largest absolute Gasteiger partial charge is 0.493 e. The van der Waals surface area contributed by atoms with Crippen LogP contribution in [0.4, 0.5) is 0 Å². The van der Waals surface area contributed by atoms with E-state index in [1.165, 1.54) is 4.90 Å². The minimum atomic E-state index is 0.633. The molecule has 0 unspecified atom stereocenters. The van der Waals surface area contributed by atoms with E-state index in [9.17, 15) is 0 Å². The minimum absolute atomic E-state index is 0.633. The van der Waals surface area contributed by atoms with Gasteiger partial charge in [0.25, 0.3) is 0 Å². The van der Waals surface area contributed by atoms with E-state index in [0.717, 1.165) is 22.7 Å². The highest BCUT2D eigenvalue weighted by atomic mass is 32.2. The third kappa shape index (κ3) is 3.85. The van der Waals surface area contributed by atoms with Crippen LogP contribution in [0.3, 0.4) is 0 Å². The average Bonchev–Trinajstić information content (AvgIpc) is 3.12. The molecule has 3 rings (SSSR count). The lowest BCUT2D eigenvalue weighted by atomic mass is 10.1. The van der Waals surface area contributed by atoms with Crippen LogP contribution in [0.25, 0.3) is 5.57 Å². The predicted octanol–water partition coefficient (Wildman–Crippen LogP) is 4.99. The first-order valence-corrected chi connectivity index (χ1v) is 8.40. The fraction of sp³-hybridized carbons (Fsp3) is 0.105. The molecule has 0 atom stereocenters. The second-order valence-electron chi connectivity index (χ2n) is 4.83. The maximum atomic E-state index is 5.78. The number of benzene rings is 2. The number of hydrogen-bond acceptors (Lipinski definition) is 3. The Morgan fingerprint density at radius 3 is 2.65 bits per heavy atom. The van der Waals surface area contributed by atoms with Gasteiger partial charge >= 0.3 is 0 Å². The zero-order valence-corrected chi connectivity index (χ0v) is 13.7. The Hall–Kier alpha value is -2.46. The van der Waals surface area contributed by atoms with Gasteiger partial charge in [0, 0.05) is 28.4 Å². The topological polar surface area (TPSA) is 37.9 Å². The Morgan fingerprint density at radius 2 is 1.91 bits per heavy atom. The van der Waals surface area contributed by atoms with Gasteiger partial charge in [0.2, 0.25) is 0 Å². The lowest BCUT2D eigenvalue weighted by Gasteiger charge is -2.12. The molecule has 2 aromatic carbocycles. The van der Waals surface area contributed by atoms with Crippen LogP contribution in [0.2, 0.25) is 0 Å². The molecule has 0 fully saturated rings. The first-order valence-electron chi connectivity index (χ1n) is 7.52. The summed E-state index contributed by atoms with van der Waals surface area (Å²) in [4.78, 5) is 8.79. The van der Waals surface area contributed by atoms with Crippen LogP contribution in [0.5, 0.6) is 5.75 Å². The van der Waals surface area contributed by atoms with Gasteiger partial charge in [-0.25, -0.2) is 4.98 Å². The molecule has 0 bridgehead atoms. The summed E-state index contributed by atoms with van der Waals surface area (Å²) in [6.45, 7) is 2.63. The number of H-pyrrole nitrogens is 1. The first kappa shape index (κ1) is 15.4. The number of aromatic nitrogens is 2.